The Morgan fingerprint density at radius 1 is 1.32 bits per heavy atom. The van der Waals surface area contributed by atoms with E-state index in [0.29, 0.717) is 16.6 Å². The quantitative estimate of drug-likeness (QED) is 0.907. The molecule has 0 spiro atoms. The SMILES string of the molecule is CC(=O)Nc1ccc(F)c(C(=O)Nc2scnc2C2CC2)c1. The molecule has 1 fully saturated rings. The van der Waals surface area contributed by atoms with Gasteiger partial charge in [-0.05, 0) is 31.0 Å². The van der Waals surface area contributed by atoms with Crippen LogP contribution in [-0.4, -0.2) is 16.8 Å². The number of hydrogen-bond donors (Lipinski definition) is 2. The van der Waals surface area contributed by atoms with Gasteiger partial charge in [0, 0.05) is 18.5 Å². The van der Waals surface area contributed by atoms with Gasteiger partial charge >= 0.3 is 0 Å². The Morgan fingerprint density at radius 2 is 2.09 bits per heavy atom. The van der Waals surface area contributed by atoms with Gasteiger partial charge in [0.05, 0.1) is 16.8 Å². The van der Waals surface area contributed by atoms with E-state index in [0.717, 1.165) is 24.6 Å². The number of halogens is 1. The van der Waals surface area contributed by atoms with E-state index in [1.807, 2.05) is 0 Å². The summed E-state index contributed by atoms with van der Waals surface area (Å²) in [6.45, 7) is 1.35. The number of carbonyl (C=O) groups is 2. The molecule has 7 heteroatoms. The van der Waals surface area contributed by atoms with Gasteiger partial charge in [0.25, 0.3) is 5.91 Å². The average molecular weight is 319 g/mol. The number of thiazole rings is 1. The van der Waals surface area contributed by atoms with Gasteiger partial charge in [-0.3, -0.25) is 9.59 Å². The fourth-order valence-corrected chi connectivity index (χ4v) is 2.91. The summed E-state index contributed by atoms with van der Waals surface area (Å²) in [7, 11) is 0. The Balaban J connectivity index is 1.81. The topological polar surface area (TPSA) is 71.1 Å². The highest BCUT2D eigenvalue weighted by molar-refractivity contribution is 7.14. The molecule has 0 bridgehead atoms. The summed E-state index contributed by atoms with van der Waals surface area (Å²) >= 11 is 1.33. The van der Waals surface area contributed by atoms with Crippen molar-refractivity contribution in [1.29, 1.82) is 0 Å². The lowest BCUT2D eigenvalue weighted by Gasteiger charge is -2.08. The van der Waals surface area contributed by atoms with E-state index in [1.54, 1.807) is 5.51 Å². The fourth-order valence-electron chi connectivity index (χ4n) is 2.15. The molecule has 0 atom stereocenters. The number of carbonyl (C=O) groups excluding carboxylic acids is 2. The lowest BCUT2D eigenvalue weighted by Crippen LogP contribution is -2.15. The van der Waals surface area contributed by atoms with E-state index in [9.17, 15) is 14.0 Å². The van der Waals surface area contributed by atoms with Crippen LogP contribution in [0.15, 0.2) is 23.7 Å². The van der Waals surface area contributed by atoms with Crippen LogP contribution in [0.4, 0.5) is 15.1 Å². The van der Waals surface area contributed by atoms with Crippen molar-refractivity contribution in [2.75, 3.05) is 10.6 Å². The largest absolute Gasteiger partial charge is 0.326 e. The highest BCUT2D eigenvalue weighted by atomic mass is 32.1. The Morgan fingerprint density at radius 3 is 2.77 bits per heavy atom. The highest BCUT2D eigenvalue weighted by Gasteiger charge is 2.29. The van der Waals surface area contributed by atoms with Crippen molar-refractivity contribution >= 4 is 33.8 Å². The van der Waals surface area contributed by atoms with Crippen LogP contribution < -0.4 is 10.6 Å². The zero-order chi connectivity index (χ0) is 15.7. The van der Waals surface area contributed by atoms with Gasteiger partial charge < -0.3 is 10.6 Å². The van der Waals surface area contributed by atoms with Gasteiger partial charge in [0.2, 0.25) is 5.91 Å². The first kappa shape index (κ1) is 14.6. The number of amides is 2. The predicted molar refractivity (Wildman–Crippen MR) is 82.7 cm³/mol. The summed E-state index contributed by atoms with van der Waals surface area (Å²) in [4.78, 5) is 27.6. The van der Waals surface area contributed by atoms with E-state index in [2.05, 4.69) is 15.6 Å². The van der Waals surface area contributed by atoms with Crippen molar-refractivity contribution in [3.8, 4) is 0 Å². The van der Waals surface area contributed by atoms with Crippen LogP contribution in [0.5, 0.6) is 0 Å². The lowest BCUT2D eigenvalue weighted by molar-refractivity contribution is -0.114. The molecule has 1 saturated carbocycles. The summed E-state index contributed by atoms with van der Waals surface area (Å²) < 4.78 is 13.9. The molecule has 1 aromatic heterocycles. The van der Waals surface area contributed by atoms with Crippen LogP contribution in [0.25, 0.3) is 0 Å². The number of nitrogens with zero attached hydrogens (tertiary/aromatic N) is 1. The summed E-state index contributed by atoms with van der Waals surface area (Å²) in [6.07, 6.45) is 2.14. The maximum Gasteiger partial charge on any atom is 0.259 e. The second-order valence-electron chi connectivity index (χ2n) is 5.17. The molecular weight excluding hydrogens is 305 g/mol. The molecule has 1 aliphatic carbocycles. The van der Waals surface area contributed by atoms with Gasteiger partial charge in [-0.25, -0.2) is 9.37 Å². The Kier molecular flexibility index (Phi) is 3.89. The van der Waals surface area contributed by atoms with E-state index >= 15 is 0 Å². The van der Waals surface area contributed by atoms with E-state index in [4.69, 9.17) is 0 Å². The molecule has 0 saturated heterocycles. The third-order valence-electron chi connectivity index (χ3n) is 3.32. The summed E-state index contributed by atoms with van der Waals surface area (Å²) in [5.74, 6) is -1.06. The predicted octanol–water partition coefficient (Wildman–Crippen LogP) is 3.37. The Hall–Kier alpha value is -2.28. The van der Waals surface area contributed by atoms with E-state index in [-0.39, 0.29) is 11.5 Å². The molecule has 5 nitrogen and oxygen atoms in total. The van der Waals surface area contributed by atoms with Crippen LogP contribution in [0.2, 0.25) is 0 Å². The first-order valence-electron chi connectivity index (χ1n) is 6.86. The lowest BCUT2D eigenvalue weighted by atomic mass is 10.1. The van der Waals surface area contributed by atoms with E-state index < -0.39 is 11.7 Å². The zero-order valence-electron chi connectivity index (χ0n) is 11.9. The monoisotopic (exact) mass is 319 g/mol. The Labute approximate surface area is 130 Å². The maximum atomic E-state index is 13.9. The minimum absolute atomic E-state index is 0.110. The van der Waals surface area contributed by atoms with Crippen LogP contribution in [-0.2, 0) is 4.79 Å². The number of nitrogens with one attached hydrogen (secondary N) is 2. The van der Waals surface area contributed by atoms with Gasteiger partial charge in [0.15, 0.2) is 0 Å². The number of anilines is 2. The minimum atomic E-state index is -0.635. The highest BCUT2D eigenvalue weighted by Crippen LogP contribution is 2.44. The minimum Gasteiger partial charge on any atom is -0.326 e. The van der Waals surface area contributed by atoms with Crippen LogP contribution >= 0.6 is 11.3 Å². The van der Waals surface area contributed by atoms with Crippen molar-refractivity contribution in [3.63, 3.8) is 0 Å². The molecule has 22 heavy (non-hydrogen) atoms. The standard InChI is InChI=1S/C15H14FN3O2S/c1-8(20)18-10-4-5-12(16)11(6-10)14(21)19-15-13(9-2-3-9)17-7-22-15/h4-7,9H,2-3H2,1H3,(H,18,20)(H,19,21). The number of hydrogen-bond acceptors (Lipinski definition) is 4. The normalized spacial score (nSPS) is 13.7. The first-order valence-corrected chi connectivity index (χ1v) is 7.74. The second-order valence-corrected chi connectivity index (χ2v) is 6.03. The zero-order valence-corrected chi connectivity index (χ0v) is 12.7. The number of rotatable bonds is 4. The fraction of sp³-hybridized carbons (Fsp3) is 0.267. The summed E-state index contributed by atoms with van der Waals surface area (Å²) in [5.41, 5.74) is 2.82. The van der Waals surface area contributed by atoms with E-state index in [1.165, 1.54) is 30.4 Å². The van der Waals surface area contributed by atoms with Crippen molar-refractivity contribution in [1.82, 2.24) is 4.98 Å². The molecule has 0 aliphatic heterocycles. The molecule has 2 aromatic rings. The van der Waals surface area contributed by atoms with Crippen LogP contribution in [0.3, 0.4) is 0 Å². The number of benzene rings is 1. The molecule has 0 radical (unpaired) electrons. The third-order valence-corrected chi connectivity index (χ3v) is 4.08. The smallest absolute Gasteiger partial charge is 0.259 e. The molecule has 0 unspecified atom stereocenters. The van der Waals surface area contributed by atoms with Crippen molar-refractivity contribution in [2.45, 2.75) is 25.7 Å². The summed E-state index contributed by atoms with van der Waals surface area (Å²) in [6, 6.07) is 3.90. The maximum absolute atomic E-state index is 13.9. The van der Waals surface area contributed by atoms with Crippen molar-refractivity contribution < 1.29 is 14.0 Å². The molecule has 1 aliphatic rings. The van der Waals surface area contributed by atoms with Gasteiger partial charge in [-0.15, -0.1) is 11.3 Å². The van der Waals surface area contributed by atoms with Crippen molar-refractivity contribution in [3.05, 3.63) is 40.8 Å². The molecule has 1 heterocycles. The van der Waals surface area contributed by atoms with Crippen LogP contribution in [0.1, 0.15) is 41.7 Å². The van der Waals surface area contributed by atoms with Gasteiger partial charge in [0.1, 0.15) is 10.8 Å². The van der Waals surface area contributed by atoms with Gasteiger partial charge in [-0.2, -0.15) is 0 Å². The molecule has 2 amide bonds. The van der Waals surface area contributed by atoms with Gasteiger partial charge in [-0.1, -0.05) is 0 Å². The van der Waals surface area contributed by atoms with Crippen molar-refractivity contribution in [2.24, 2.45) is 0 Å². The molecule has 114 valence electrons. The first-order chi connectivity index (χ1) is 10.5. The third kappa shape index (κ3) is 3.14. The second kappa shape index (κ2) is 5.84. The molecule has 1 aromatic carbocycles. The number of aromatic nitrogens is 1. The van der Waals surface area contributed by atoms with Crippen LogP contribution in [0, 0.1) is 5.82 Å². The molecule has 3 rings (SSSR count). The summed E-state index contributed by atoms with van der Waals surface area (Å²) in [5, 5.41) is 5.91. The Bertz CT molecular complexity index is 740. The average Bonchev–Trinajstić information content (AvgIpc) is 3.21. The molecular formula is C15H14FN3O2S. The molecule has 2 N–H and O–H groups in total.